The molecular weight excluding hydrogens is 429 g/mol. The summed E-state index contributed by atoms with van der Waals surface area (Å²) in [5.74, 6) is 1.72. The number of hydrazone groups is 1. The molecule has 0 amide bonds. The van der Waals surface area contributed by atoms with Crippen LogP contribution in [0, 0.1) is 19.7 Å². The van der Waals surface area contributed by atoms with E-state index in [1.807, 2.05) is 44.2 Å². The van der Waals surface area contributed by atoms with Crippen LogP contribution >= 0.6 is 23.1 Å². The molecule has 0 atom stereocenters. The van der Waals surface area contributed by atoms with Crippen LogP contribution in [0.3, 0.4) is 0 Å². The second-order valence-corrected chi connectivity index (χ2v) is 9.22. The number of hydrogen-bond acceptors (Lipinski definition) is 6. The molecule has 3 heterocycles. The minimum Gasteiger partial charge on any atom is -0.255 e. The van der Waals surface area contributed by atoms with Gasteiger partial charge in [0, 0.05) is 16.2 Å². The van der Waals surface area contributed by atoms with Gasteiger partial charge in [0.2, 0.25) is 0 Å². The van der Waals surface area contributed by atoms with Crippen molar-refractivity contribution >= 4 is 50.0 Å². The lowest BCUT2D eigenvalue weighted by Crippen LogP contribution is -2.25. The van der Waals surface area contributed by atoms with Crippen LogP contribution in [0.4, 0.5) is 10.2 Å². The molecule has 1 N–H and O–H groups in total. The third-order valence-corrected chi connectivity index (χ3v) is 6.77. The van der Waals surface area contributed by atoms with E-state index in [9.17, 15) is 4.39 Å². The maximum absolute atomic E-state index is 13.5. The molecule has 0 bridgehead atoms. The Labute approximate surface area is 187 Å². The van der Waals surface area contributed by atoms with E-state index < -0.39 is 0 Å². The molecule has 2 aromatic heterocycles. The summed E-state index contributed by atoms with van der Waals surface area (Å²) in [7, 11) is 0. The molecule has 0 aliphatic carbocycles. The second kappa shape index (κ2) is 8.20. The fraction of sp³-hybridized carbons (Fsp3) is 0.130. The first kappa shape index (κ1) is 19.8. The highest BCUT2D eigenvalue weighted by molar-refractivity contribution is 8.14. The molecule has 5 rings (SSSR count). The van der Waals surface area contributed by atoms with Gasteiger partial charge in [0.15, 0.2) is 11.0 Å². The summed E-state index contributed by atoms with van der Waals surface area (Å²) in [6, 6.07) is 16.6. The molecule has 0 saturated heterocycles. The molecule has 8 heteroatoms. The number of benzene rings is 2. The Balaban J connectivity index is 1.57. The number of nitrogens with zero attached hydrogens (tertiary/aromatic N) is 4. The SMILES string of the molecule is Cc1nc(/N=C2/NN=C(c3ccccc3)CS2)c2c(-c3ccc(F)cc3)c(C)sc2n1. The van der Waals surface area contributed by atoms with Crippen molar-refractivity contribution in [3.05, 3.63) is 76.7 Å². The number of halogens is 1. The van der Waals surface area contributed by atoms with Crippen molar-refractivity contribution in [2.75, 3.05) is 5.75 Å². The Kier molecular flexibility index (Phi) is 5.25. The van der Waals surface area contributed by atoms with E-state index in [1.165, 1.54) is 12.1 Å². The zero-order valence-electron chi connectivity index (χ0n) is 16.9. The fourth-order valence-corrected chi connectivity index (χ4v) is 5.34. The Morgan fingerprint density at radius 1 is 0.968 bits per heavy atom. The molecule has 2 aromatic carbocycles. The van der Waals surface area contributed by atoms with Gasteiger partial charge in [-0.15, -0.1) is 11.3 Å². The maximum atomic E-state index is 13.5. The summed E-state index contributed by atoms with van der Waals surface area (Å²) in [6.07, 6.45) is 0. The van der Waals surface area contributed by atoms with Crippen LogP contribution in [0.2, 0.25) is 0 Å². The molecule has 1 aliphatic rings. The van der Waals surface area contributed by atoms with Crippen LogP contribution in [0.25, 0.3) is 21.3 Å². The topological polar surface area (TPSA) is 62.5 Å². The molecule has 5 nitrogen and oxygen atoms in total. The zero-order chi connectivity index (χ0) is 21.4. The fourth-order valence-electron chi connectivity index (χ4n) is 3.49. The summed E-state index contributed by atoms with van der Waals surface area (Å²) in [4.78, 5) is 16.0. The van der Waals surface area contributed by atoms with Gasteiger partial charge in [-0.3, -0.25) is 5.43 Å². The van der Waals surface area contributed by atoms with Crippen molar-refractivity contribution in [1.29, 1.82) is 0 Å². The van der Waals surface area contributed by atoms with E-state index in [0.717, 1.165) is 43.2 Å². The number of nitrogens with one attached hydrogen (secondary N) is 1. The largest absolute Gasteiger partial charge is 0.255 e. The highest BCUT2D eigenvalue weighted by Gasteiger charge is 2.19. The van der Waals surface area contributed by atoms with E-state index in [2.05, 4.69) is 20.5 Å². The minimum atomic E-state index is -0.261. The molecule has 0 fully saturated rings. The van der Waals surface area contributed by atoms with Crippen molar-refractivity contribution < 1.29 is 4.39 Å². The minimum absolute atomic E-state index is 0.261. The normalized spacial score (nSPS) is 15.2. The molecule has 0 radical (unpaired) electrons. The number of rotatable bonds is 3. The predicted molar refractivity (Wildman–Crippen MR) is 128 cm³/mol. The van der Waals surface area contributed by atoms with Gasteiger partial charge in [0.1, 0.15) is 16.5 Å². The smallest absolute Gasteiger partial charge is 0.184 e. The molecule has 1 aliphatic heterocycles. The maximum Gasteiger partial charge on any atom is 0.184 e. The van der Waals surface area contributed by atoms with Gasteiger partial charge in [0.05, 0.1) is 11.1 Å². The molecule has 31 heavy (non-hydrogen) atoms. The average Bonchev–Trinajstić information content (AvgIpc) is 3.11. The lowest BCUT2D eigenvalue weighted by molar-refractivity contribution is 0.628. The van der Waals surface area contributed by atoms with Crippen molar-refractivity contribution in [1.82, 2.24) is 15.4 Å². The van der Waals surface area contributed by atoms with Crippen molar-refractivity contribution in [2.24, 2.45) is 10.1 Å². The van der Waals surface area contributed by atoms with Gasteiger partial charge in [-0.1, -0.05) is 54.2 Å². The number of aromatic nitrogens is 2. The van der Waals surface area contributed by atoms with Gasteiger partial charge in [-0.25, -0.2) is 19.4 Å². The predicted octanol–water partition coefficient (Wildman–Crippen LogP) is 5.84. The summed E-state index contributed by atoms with van der Waals surface area (Å²) < 4.78 is 13.5. The highest BCUT2D eigenvalue weighted by atomic mass is 32.2. The highest BCUT2D eigenvalue weighted by Crippen LogP contribution is 2.41. The van der Waals surface area contributed by atoms with E-state index >= 15 is 0 Å². The van der Waals surface area contributed by atoms with Crippen LogP contribution in [-0.2, 0) is 0 Å². The average molecular weight is 448 g/mol. The molecule has 0 spiro atoms. The first-order chi connectivity index (χ1) is 15.1. The Bertz CT molecular complexity index is 1330. The number of amidine groups is 1. The monoisotopic (exact) mass is 447 g/mol. The third-order valence-electron chi connectivity index (χ3n) is 4.90. The number of thioether (sulfide) groups is 1. The van der Waals surface area contributed by atoms with Crippen molar-refractivity contribution in [3.8, 4) is 11.1 Å². The molecule has 0 saturated carbocycles. The number of aryl methyl sites for hydroxylation is 2. The Hall–Kier alpha value is -3.10. The third kappa shape index (κ3) is 3.96. The Morgan fingerprint density at radius 2 is 1.74 bits per heavy atom. The second-order valence-electron chi connectivity index (χ2n) is 7.06. The molecule has 4 aromatic rings. The van der Waals surface area contributed by atoms with Crippen molar-refractivity contribution in [3.63, 3.8) is 0 Å². The van der Waals surface area contributed by atoms with Crippen LogP contribution in [0.1, 0.15) is 16.3 Å². The van der Waals surface area contributed by atoms with Crippen LogP contribution in [0.5, 0.6) is 0 Å². The van der Waals surface area contributed by atoms with E-state index in [4.69, 9.17) is 4.99 Å². The quantitative estimate of drug-likeness (QED) is 0.428. The summed E-state index contributed by atoms with van der Waals surface area (Å²) in [6.45, 7) is 3.91. The van der Waals surface area contributed by atoms with Gasteiger partial charge >= 0.3 is 0 Å². The molecular formula is C23H18FN5S2. The van der Waals surface area contributed by atoms with E-state index in [0.29, 0.717) is 16.8 Å². The standard InChI is InChI=1S/C23H18FN5S2/c1-13-19(16-8-10-17(24)11-9-16)20-21(25-14(2)26-22(20)31-13)27-23-29-28-18(12-30-23)15-6-4-3-5-7-15/h3-11H,12H2,1-2H3,(H,25,26,27,29). The van der Waals surface area contributed by atoms with Gasteiger partial charge in [-0.2, -0.15) is 5.10 Å². The first-order valence-electron chi connectivity index (χ1n) is 9.71. The van der Waals surface area contributed by atoms with Gasteiger partial charge < -0.3 is 0 Å². The summed E-state index contributed by atoms with van der Waals surface area (Å²) in [5, 5.41) is 6.08. The van der Waals surface area contributed by atoms with Crippen LogP contribution < -0.4 is 5.43 Å². The van der Waals surface area contributed by atoms with Gasteiger partial charge in [-0.05, 0) is 37.1 Å². The first-order valence-corrected chi connectivity index (χ1v) is 11.5. The Morgan fingerprint density at radius 3 is 2.45 bits per heavy atom. The van der Waals surface area contributed by atoms with Crippen molar-refractivity contribution in [2.45, 2.75) is 13.8 Å². The lowest BCUT2D eigenvalue weighted by Gasteiger charge is -2.15. The van der Waals surface area contributed by atoms with E-state index in [1.54, 1.807) is 35.2 Å². The summed E-state index contributed by atoms with van der Waals surface area (Å²) in [5.41, 5.74) is 7.06. The molecule has 154 valence electrons. The van der Waals surface area contributed by atoms with Crippen LogP contribution in [0.15, 0.2) is 64.7 Å². The zero-order valence-corrected chi connectivity index (χ0v) is 18.5. The summed E-state index contributed by atoms with van der Waals surface area (Å²) >= 11 is 3.18. The van der Waals surface area contributed by atoms with Gasteiger partial charge in [0.25, 0.3) is 0 Å². The lowest BCUT2D eigenvalue weighted by atomic mass is 10.0. The number of thiophene rings is 1. The molecule has 0 unspecified atom stereocenters. The number of hydrogen-bond donors (Lipinski definition) is 1. The number of aliphatic imine (C=N–C) groups is 1. The number of fused-ring (bicyclic) bond motifs is 1. The van der Waals surface area contributed by atoms with E-state index in [-0.39, 0.29) is 5.82 Å². The van der Waals surface area contributed by atoms with Crippen LogP contribution in [-0.4, -0.2) is 26.6 Å².